The van der Waals surface area contributed by atoms with Crippen LogP contribution in [0.25, 0.3) is 0 Å². The summed E-state index contributed by atoms with van der Waals surface area (Å²) in [5.74, 6) is 0.757. The third-order valence-electron chi connectivity index (χ3n) is 3.01. The first-order valence-electron chi connectivity index (χ1n) is 5.49. The summed E-state index contributed by atoms with van der Waals surface area (Å²) in [6, 6.07) is 0. The number of hydrogen-bond acceptors (Lipinski definition) is 2. The number of piperidine rings is 1. The molecule has 0 saturated carbocycles. The fraction of sp³-hybridized carbons (Fsp3) is 1.00. The Morgan fingerprint density at radius 3 is 2.29 bits per heavy atom. The van der Waals surface area contributed by atoms with Crippen molar-refractivity contribution in [2.45, 2.75) is 39.0 Å². The lowest BCUT2D eigenvalue weighted by atomic mass is 9.93. The second-order valence-electron chi connectivity index (χ2n) is 4.25. The Balaban J connectivity index is 2.31. The van der Waals surface area contributed by atoms with Crippen LogP contribution in [0.15, 0.2) is 0 Å². The number of hydrogen-bond donors (Lipinski definition) is 0. The van der Waals surface area contributed by atoms with Crippen LogP contribution < -0.4 is 0 Å². The Morgan fingerprint density at radius 2 is 1.86 bits per heavy atom. The maximum Gasteiger partial charge on any atom is 0.211 e. The summed E-state index contributed by atoms with van der Waals surface area (Å²) in [6.07, 6.45) is 7.20. The predicted molar refractivity (Wildman–Crippen MR) is 58.7 cm³/mol. The van der Waals surface area contributed by atoms with Crippen LogP contribution in [0.4, 0.5) is 0 Å². The van der Waals surface area contributed by atoms with Gasteiger partial charge in [-0.3, -0.25) is 0 Å². The van der Waals surface area contributed by atoms with Gasteiger partial charge in [0.15, 0.2) is 0 Å². The van der Waals surface area contributed by atoms with Gasteiger partial charge >= 0.3 is 0 Å². The zero-order valence-electron chi connectivity index (χ0n) is 9.20. The first kappa shape index (κ1) is 12.0. The Bertz CT molecular complexity index is 253. The summed E-state index contributed by atoms with van der Waals surface area (Å²) < 4.78 is 24.1. The van der Waals surface area contributed by atoms with Crippen molar-refractivity contribution in [3.05, 3.63) is 0 Å². The fourth-order valence-electron chi connectivity index (χ4n) is 2.02. The Morgan fingerprint density at radius 1 is 1.29 bits per heavy atom. The molecule has 84 valence electrons. The van der Waals surface area contributed by atoms with E-state index >= 15 is 0 Å². The average Bonchev–Trinajstić information content (AvgIpc) is 2.14. The molecule has 0 radical (unpaired) electrons. The van der Waals surface area contributed by atoms with E-state index in [1.165, 1.54) is 25.5 Å². The van der Waals surface area contributed by atoms with E-state index in [1.807, 2.05) is 0 Å². The van der Waals surface area contributed by atoms with Crippen molar-refractivity contribution < 1.29 is 8.42 Å². The summed E-state index contributed by atoms with van der Waals surface area (Å²) in [7, 11) is -2.94. The molecule has 0 aromatic rings. The molecule has 0 aromatic carbocycles. The molecular weight excluding hydrogens is 198 g/mol. The molecule has 1 aliphatic heterocycles. The van der Waals surface area contributed by atoms with E-state index in [1.54, 1.807) is 4.31 Å². The zero-order valence-corrected chi connectivity index (χ0v) is 10.0. The summed E-state index contributed by atoms with van der Waals surface area (Å²) in [6.45, 7) is 3.66. The number of nitrogens with zero attached hydrogens (tertiary/aromatic N) is 1. The molecule has 0 spiro atoms. The van der Waals surface area contributed by atoms with Crippen molar-refractivity contribution >= 4 is 10.0 Å². The molecule has 0 atom stereocenters. The quantitative estimate of drug-likeness (QED) is 0.723. The first-order valence-corrected chi connectivity index (χ1v) is 7.34. The van der Waals surface area contributed by atoms with Gasteiger partial charge in [-0.05, 0) is 18.8 Å². The molecule has 1 rings (SSSR count). The van der Waals surface area contributed by atoms with E-state index in [4.69, 9.17) is 0 Å². The van der Waals surface area contributed by atoms with Crippen molar-refractivity contribution in [2.24, 2.45) is 5.92 Å². The highest BCUT2D eigenvalue weighted by atomic mass is 32.2. The van der Waals surface area contributed by atoms with E-state index in [2.05, 4.69) is 6.92 Å². The van der Waals surface area contributed by atoms with Crippen molar-refractivity contribution in [3.8, 4) is 0 Å². The minimum Gasteiger partial charge on any atom is -0.213 e. The van der Waals surface area contributed by atoms with E-state index in [0.29, 0.717) is 0 Å². The second kappa shape index (κ2) is 5.12. The SMILES string of the molecule is CCCCC1CCN(S(C)(=O)=O)CC1. The van der Waals surface area contributed by atoms with Crippen LogP contribution in [0.5, 0.6) is 0 Å². The molecular formula is C10H21NO2S. The fourth-order valence-corrected chi connectivity index (χ4v) is 2.90. The summed E-state index contributed by atoms with van der Waals surface area (Å²) >= 11 is 0. The molecule has 1 heterocycles. The van der Waals surface area contributed by atoms with Gasteiger partial charge < -0.3 is 0 Å². The van der Waals surface area contributed by atoms with Gasteiger partial charge in [0.1, 0.15) is 0 Å². The molecule has 14 heavy (non-hydrogen) atoms. The van der Waals surface area contributed by atoms with Crippen molar-refractivity contribution in [2.75, 3.05) is 19.3 Å². The molecule has 0 aliphatic carbocycles. The summed E-state index contributed by atoms with van der Waals surface area (Å²) in [5.41, 5.74) is 0. The van der Waals surface area contributed by atoms with Crippen LogP contribution in [-0.2, 0) is 10.0 Å². The van der Waals surface area contributed by atoms with Crippen LogP contribution in [-0.4, -0.2) is 32.1 Å². The maximum absolute atomic E-state index is 11.2. The van der Waals surface area contributed by atoms with Crippen LogP contribution in [0, 0.1) is 5.92 Å². The number of sulfonamides is 1. The predicted octanol–water partition coefficient (Wildman–Crippen LogP) is 1.85. The minimum atomic E-state index is -2.94. The van der Waals surface area contributed by atoms with Crippen LogP contribution in [0.3, 0.4) is 0 Å². The van der Waals surface area contributed by atoms with Crippen LogP contribution in [0.2, 0.25) is 0 Å². The lowest BCUT2D eigenvalue weighted by molar-refractivity contribution is 0.261. The minimum absolute atomic E-state index is 0.729. The molecule has 0 aromatic heterocycles. The highest BCUT2D eigenvalue weighted by molar-refractivity contribution is 7.88. The van der Waals surface area contributed by atoms with Gasteiger partial charge in [0.25, 0.3) is 0 Å². The highest BCUT2D eigenvalue weighted by Gasteiger charge is 2.24. The van der Waals surface area contributed by atoms with E-state index in [-0.39, 0.29) is 0 Å². The van der Waals surface area contributed by atoms with Gasteiger partial charge in [0.05, 0.1) is 6.26 Å². The summed E-state index contributed by atoms with van der Waals surface area (Å²) in [4.78, 5) is 0. The molecule has 3 nitrogen and oxygen atoms in total. The second-order valence-corrected chi connectivity index (χ2v) is 6.23. The van der Waals surface area contributed by atoms with Crippen molar-refractivity contribution in [3.63, 3.8) is 0 Å². The van der Waals surface area contributed by atoms with Gasteiger partial charge in [-0.15, -0.1) is 0 Å². The largest absolute Gasteiger partial charge is 0.213 e. The Labute approximate surface area is 87.5 Å². The third-order valence-corrected chi connectivity index (χ3v) is 4.31. The average molecular weight is 219 g/mol. The Kier molecular flexibility index (Phi) is 4.38. The molecule has 1 aliphatic rings. The van der Waals surface area contributed by atoms with Gasteiger partial charge in [-0.1, -0.05) is 26.2 Å². The number of unbranched alkanes of at least 4 members (excludes halogenated alkanes) is 1. The lowest BCUT2D eigenvalue weighted by Crippen LogP contribution is -2.37. The van der Waals surface area contributed by atoms with Crippen LogP contribution >= 0.6 is 0 Å². The molecule has 0 N–H and O–H groups in total. The van der Waals surface area contributed by atoms with Gasteiger partial charge in [0, 0.05) is 13.1 Å². The van der Waals surface area contributed by atoms with Gasteiger partial charge in [0.2, 0.25) is 10.0 Å². The lowest BCUT2D eigenvalue weighted by Gasteiger charge is -2.30. The molecule has 0 amide bonds. The smallest absolute Gasteiger partial charge is 0.211 e. The van der Waals surface area contributed by atoms with Gasteiger partial charge in [-0.2, -0.15) is 0 Å². The Hall–Kier alpha value is -0.0900. The topological polar surface area (TPSA) is 37.4 Å². The normalized spacial score (nSPS) is 21.3. The van der Waals surface area contributed by atoms with Crippen molar-refractivity contribution in [1.29, 1.82) is 0 Å². The highest BCUT2D eigenvalue weighted by Crippen LogP contribution is 2.23. The standard InChI is InChI=1S/C10H21NO2S/c1-3-4-5-10-6-8-11(9-7-10)14(2,12)13/h10H,3-9H2,1-2H3. The maximum atomic E-state index is 11.2. The van der Waals surface area contributed by atoms with Crippen LogP contribution in [0.1, 0.15) is 39.0 Å². The number of rotatable bonds is 4. The van der Waals surface area contributed by atoms with E-state index < -0.39 is 10.0 Å². The van der Waals surface area contributed by atoms with E-state index in [9.17, 15) is 8.42 Å². The molecule has 1 saturated heterocycles. The zero-order chi connectivity index (χ0) is 10.6. The molecule has 0 unspecified atom stereocenters. The summed E-state index contributed by atoms with van der Waals surface area (Å²) in [5, 5.41) is 0. The first-order chi connectivity index (χ1) is 6.54. The molecule has 1 fully saturated rings. The molecule has 4 heteroatoms. The molecule has 0 bridgehead atoms. The monoisotopic (exact) mass is 219 g/mol. The van der Waals surface area contributed by atoms with Gasteiger partial charge in [-0.25, -0.2) is 12.7 Å². The third kappa shape index (κ3) is 3.58. The van der Waals surface area contributed by atoms with E-state index in [0.717, 1.165) is 31.8 Å². The van der Waals surface area contributed by atoms with Crippen molar-refractivity contribution in [1.82, 2.24) is 4.31 Å².